The smallest absolute Gasteiger partial charge is 0.143 e. The summed E-state index contributed by atoms with van der Waals surface area (Å²) in [6, 6.07) is 0. The Bertz CT molecular complexity index is 372. The van der Waals surface area contributed by atoms with Gasteiger partial charge in [0.25, 0.3) is 0 Å². The molecule has 0 spiro atoms. The first-order valence-corrected chi connectivity index (χ1v) is 5.63. The molecule has 0 radical (unpaired) electrons. The first-order valence-electron chi connectivity index (χ1n) is 5.63. The molecule has 0 aromatic heterocycles. The van der Waals surface area contributed by atoms with Crippen LogP contribution in [0.25, 0.3) is 0 Å². The Morgan fingerprint density at radius 3 is 2.94 bits per heavy atom. The Labute approximate surface area is 95.0 Å². The van der Waals surface area contributed by atoms with E-state index in [1.807, 2.05) is 6.92 Å². The molecule has 1 aliphatic carbocycles. The summed E-state index contributed by atoms with van der Waals surface area (Å²) in [6.45, 7) is 4.06. The summed E-state index contributed by atoms with van der Waals surface area (Å²) in [6.07, 6.45) is 5.60. The van der Waals surface area contributed by atoms with E-state index < -0.39 is 11.6 Å². The standard InChI is InChI=1S/C12H17NO3/c1-8-3-5-9(6-4-8)12(2)7-10(11(14)15)13-16-12/h3,9H,4-7H2,1-2H3,(H,14,15)/p-1/t9-,12?/m0/s1. The van der Waals surface area contributed by atoms with Crippen molar-refractivity contribution in [3.63, 3.8) is 0 Å². The lowest BCUT2D eigenvalue weighted by atomic mass is 9.76. The van der Waals surface area contributed by atoms with E-state index in [2.05, 4.69) is 18.2 Å². The van der Waals surface area contributed by atoms with Gasteiger partial charge in [-0.1, -0.05) is 16.8 Å². The van der Waals surface area contributed by atoms with Crippen LogP contribution >= 0.6 is 0 Å². The van der Waals surface area contributed by atoms with Crippen LogP contribution in [0.3, 0.4) is 0 Å². The first-order chi connectivity index (χ1) is 7.51. The normalized spacial score (nSPS) is 34.0. The van der Waals surface area contributed by atoms with E-state index in [1.54, 1.807) is 0 Å². The predicted molar refractivity (Wildman–Crippen MR) is 57.6 cm³/mol. The molecule has 0 aromatic rings. The number of allylic oxidation sites excluding steroid dienone is 2. The molecule has 0 bridgehead atoms. The highest BCUT2D eigenvalue weighted by atomic mass is 16.7. The third-order valence-corrected chi connectivity index (χ3v) is 3.62. The fourth-order valence-corrected chi connectivity index (χ4v) is 2.40. The average molecular weight is 222 g/mol. The van der Waals surface area contributed by atoms with Crippen molar-refractivity contribution in [3.8, 4) is 0 Å². The lowest BCUT2D eigenvalue weighted by Gasteiger charge is -2.33. The van der Waals surface area contributed by atoms with Crippen molar-refractivity contribution in [2.75, 3.05) is 0 Å². The van der Waals surface area contributed by atoms with Gasteiger partial charge in [0.1, 0.15) is 11.3 Å². The molecule has 88 valence electrons. The van der Waals surface area contributed by atoms with Crippen LogP contribution in [0.15, 0.2) is 16.8 Å². The SMILES string of the molecule is CC1=CC[C@H](C2(C)CC(C(=O)[O-])=NO2)CC1. The van der Waals surface area contributed by atoms with Gasteiger partial charge in [-0.15, -0.1) is 0 Å². The fraction of sp³-hybridized carbons (Fsp3) is 0.667. The van der Waals surface area contributed by atoms with Crippen molar-refractivity contribution < 1.29 is 14.7 Å². The summed E-state index contributed by atoms with van der Waals surface area (Å²) in [5, 5.41) is 14.3. The number of carbonyl (C=O) groups excluding carboxylic acids is 1. The van der Waals surface area contributed by atoms with Gasteiger partial charge in [-0.3, -0.25) is 0 Å². The number of hydrogen-bond donors (Lipinski definition) is 0. The summed E-state index contributed by atoms with van der Waals surface area (Å²) < 4.78 is 0. The van der Waals surface area contributed by atoms with Crippen LogP contribution in [0.2, 0.25) is 0 Å². The summed E-state index contributed by atoms with van der Waals surface area (Å²) >= 11 is 0. The van der Waals surface area contributed by atoms with E-state index in [0.29, 0.717) is 12.3 Å². The van der Waals surface area contributed by atoms with Crippen molar-refractivity contribution in [1.29, 1.82) is 0 Å². The van der Waals surface area contributed by atoms with E-state index >= 15 is 0 Å². The van der Waals surface area contributed by atoms with Gasteiger partial charge in [0, 0.05) is 12.3 Å². The van der Waals surface area contributed by atoms with Gasteiger partial charge in [0.15, 0.2) is 0 Å². The van der Waals surface area contributed by atoms with Crippen LogP contribution in [-0.2, 0) is 9.63 Å². The molecule has 2 atom stereocenters. The summed E-state index contributed by atoms with van der Waals surface area (Å²) in [5.41, 5.74) is 0.972. The third kappa shape index (κ3) is 1.96. The van der Waals surface area contributed by atoms with E-state index in [-0.39, 0.29) is 5.71 Å². The molecule has 4 nitrogen and oxygen atoms in total. The number of carboxylic acids is 1. The quantitative estimate of drug-likeness (QED) is 0.655. The maximum atomic E-state index is 10.7. The summed E-state index contributed by atoms with van der Waals surface area (Å²) in [5.74, 6) is -0.872. The van der Waals surface area contributed by atoms with Crippen molar-refractivity contribution in [1.82, 2.24) is 0 Å². The molecule has 2 rings (SSSR count). The second kappa shape index (κ2) is 3.92. The zero-order valence-corrected chi connectivity index (χ0v) is 9.66. The van der Waals surface area contributed by atoms with E-state index in [0.717, 1.165) is 19.3 Å². The molecule has 0 aromatic carbocycles. The average Bonchev–Trinajstić information content (AvgIpc) is 2.63. The van der Waals surface area contributed by atoms with E-state index in [9.17, 15) is 9.90 Å². The summed E-state index contributed by atoms with van der Waals surface area (Å²) in [4.78, 5) is 16.0. The van der Waals surface area contributed by atoms with Gasteiger partial charge in [-0.2, -0.15) is 0 Å². The second-order valence-electron chi connectivity index (χ2n) is 4.93. The number of oxime groups is 1. The maximum absolute atomic E-state index is 10.7. The Kier molecular flexibility index (Phi) is 2.74. The zero-order valence-electron chi connectivity index (χ0n) is 9.66. The topological polar surface area (TPSA) is 61.7 Å². The van der Waals surface area contributed by atoms with Crippen LogP contribution in [-0.4, -0.2) is 17.3 Å². The number of aliphatic carboxylic acids is 1. The van der Waals surface area contributed by atoms with Crippen molar-refractivity contribution in [2.45, 2.75) is 45.1 Å². The van der Waals surface area contributed by atoms with Gasteiger partial charge >= 0.3 is 0 Å². The van der Waals surface area contributed by atoms with E-state index in [4.69, 9.17) is 4.84 Å². The van der Waals surface area contributed by atoms with Crippen molar-refractivity contribution in [3.05, 3.63) is 11.6 Å². The Morgan fingerprint density at radius 1 is 1.69 bits per heavy atom. The number of hydrogen-bond acceptors (Lipinski definition) is 4. The molecule has 0 amide bonds. The number of carbonyl (C=O) groups is 1. The molecule has 16 heavy (non-hydrogen) atoms. The lowest BCUT2D eigenvalue weighted by molar-refractivity contribution is -0.294. The summed E-state index contributed by atoms with van der Waals surface area (Å²) in [7, 11) is 0. The van der Waals surface area contributed by atoms with Gasteiger partial charge in [-0.05, 0) is 33.1 Å². The third-order valence-electron chi connectivity index (χ3n) is 3.62. The Hall–Kier alpha value is -1.32. The Morgan fingerprint density at radius 2 is 2.44 bits per heavy atom. The molecule has 0 N–H and O–H groups in total. The predicted octanol–water partition coefficient (Wildman–Crippen LogP) is 1.02. The minimum atomic E-state index is -1.22. The van der Waals surface area contributed by atoms with Crippen LogP contribution in [0.5, 0.6) is 0 Å². The van der Waals surface area contributed by atoms with Gasteiger partial charge in [-0.25, -0.2) is 0 Å². The van der Waals surface area contributed by atoms with Crippen LogP contribution in [0.4, 0.5) is 0 Å². The number of rotatable bonds is 2. The van der Waals surface area contributed by atoms with Crippen LogP contribution in [0, 0.1) is 5.92 Å². The number of nitrogens with zero attached hydrogens (tertiary/aromatic N) is 1. The van der Waals surface area contributed by atoms with E-state index in [1.165, 1.54) is 5.57 Å². The molecule has 0 saturated carbocycles. The van der Waals surface area contributed by atoms with Gasteiger partial charge in [0.2, 0.25) is 0 Å². The molecular weight excluding hydrogens is 206 g/mol. The van der Waals surface area contributed by atoms with Gasteiger partial charge in [0.05, 0.1) is 5.97 Å². The van der Waals surface area contributed by atoms with Crippen molar-refractivity contribution in [2.24, 2.45) is 11.1 Å². The molecule has 2 aliphatic rings. The molecule has 4 heteroatoms. The first kappa shape index (κ1) is 11.2. The Balaban J connectivity index is 2.04. The minimum absolute atomic E-state index is 0.0359. The van der Waals surface area contributed by atoms with Crippen LogP contribution < -0.4 is 5.11 Å². The lowest BCUT2D eigenvalue weighted by Crippen LogP contribution is -2.39. The monoisotopic (exact) mass is 222 g/mol. The highest BCUT2D eigenvalue weighted by molar-refractivity contribution is 6.35. The fourth-order valence-electron chi connectivity index (χ4n) is 2.40. The highest BCUT2D eigenvalue weighted by Crippen LogP contribution is 2.39. The maximum Gasteiger partial charge on any atom is 0.143 e. The molecule has 1 unspecified atom stereocenters. The van der Waals surface area contributed by atoms with Crippen molar-refractivity contribution >= 4 is 11.7 Å². The van der Waals surface area contributed by atoms with Crippen LogP contribution in [0.1, 0.15) is 39.5 Å². The molecule has 1 aliphatic heterocycles. The molecule has 0 fully saturated rings. The zero-order chi connectivity index (χ0) is 11.8. The second-order valence-corrected chi connectivity index (χ2v) is 4.93. The number of carboxylic acid groups (broad SMARTS) is 1. The highest BCUT2D eigenvalue weighted by Gasteiger charge is 2.42. The minimum Gasteiger partial charge on any atom is -0.543 e. The molecule has 0 saturated heterocycles. The molecular formula is C12H16NO3-. The van der Waals surface area contributed by atoms with Gasteiger partial charge < -0.3 is 14.7 Å². The largest absolute Gasteiger partial charge is 0.543 e. The molecule has 1 heterocycles.